The van der Waals surface area contributed by atoms with Gasteiger partial charge in [0.05, 0.1) is 22.3 Å². The molecule has 2 heterocycles. The number of hydrogen-bond donors (Lipinski definition) is 1. The third-order valence-corrected chi connectivity index (χ3v) is 3.39. The largest absolute Gasteiger partial charge is 0.472 e. The Bertz CT molecular complexity index is 528. The zero-order chi connectivity index (χ0) is 12.3. The molecule has 4 nitrogen and oxygen atoms in total. The van der Waals surface area contributed by atoms with Crippen LogP contribution in [0.5, 0.6) is 0 Å². The molecular weight excluding hydrogens is 238 g/mol. The van der Waals surface area contributed by atoms with Gasteiger partial charge in [-0.05, 0) is 25.1 Å². The van der Waals surface area contributed by atoms with E-state index in [-0.39, 0.29) is 11.7 Å². The highest BCUT2D eigenvalue weighted by molar-refractivity contribution is 7.15. The van der Waals surface area contributed by atoms with Crippen LogP contribution in [0.2, 0.25) is 0 Å². The minimum absolute atomic E-state index is 0.0242. The first kappa shape index (κ1) is 11.6. The summed E-state index contributed by atoms with van der Waals surface area (Å²) >= 11 is 1.20. The van der Waals surface area contributed by atoms with Crippen molar-refractivity contribution in [1.82, 2.24) is 5.32 Å². The summed E-state index contributed by atoms with van der Waals surface area (Å²) in [5.74, 6) is -0.201. The highest BCUT2D eigenvalue weighted by atomic mass is 32.1. The lowest BCUT2D eigenvalue weighted by atomic mass is 10.3. The normalized spacial score (nSPS) is 10.2. The molecule has 0 aliphatic heterocycles. The van der Waals surface area contributed by atoms with E-state index in [1.54, 1.807) is 30.7 Å². The molecule has 0 atom stereocenters. The van der Waals surface area contributed by atoms with E-state index in [9.17, 15) is 9.59 Å². The molecule has 0 unspecified atom stereocenters. The Morgan fingerprint density at radius 2 is 2.06 bits per heavy atom. The fourth-order valence-corrected chi connectivity index (χ4v) is 2.13. The second-order valence-electron chi connectivity index (χ2n) is 3.53. The van der Waals surface area contributed by atoms with Gasteiger partial charge in [-0.25, -0.2) is 0 Å². The van der Waals surface area contributed by atoms with Gasteiger partial charge in [0.15, 0.2) is 5.78 Å². The molecule has 5 heteroatoms. The lowest BCUT2D eigenvalue weighted by molar-refractivity contribution is 0.0954. The van der Waals surface area contributed by atoms with Gasteiger partial charge in [0.25, 0.3) is 5.91 Å². The Hall–Kier alpha value is -1.88. The van der Waals surface area contributed by atoms with E-state index in [0.29, 0.717) is 16.3 Å². The molecule has 0 saturated heterocycles. The molecule has 0 aliphatic rings. The van der Waals surface area contributed by atoms with Crippen molar-refractivity contribution < 1.29 is 14.0 Å². The van der Waals surface area contributed by atoms with Gasteiger partial charge in [-0.3, -0.25) is 9.59 Å². The average Bonchev–Trinajstić information content (AvgIpc) is 2.96. The van der Waals surface area contributed by atoms with Crippen LogP contribution >= 0.6 is 11.3 Å². The number of Topliss-reactive ketones (excluding diaryl/α,β-unsaturated/α-hetero) is 1. The zero-order valence-corrected chi connectivity index (χ0v) is 10.0. The summed E-state index contributed by atoms with van der Waals surface area (Å²) in [4.78, 5) is 24.0. The van der Waals surface area contributed by atoms with Crippen molar-refractivity contribution >= 4 is 23.0 Å². The number of amides is 1. The number of ketones is 1. The number of hydrogen-bond acceptors (Lipinski definition) is 4. The molecule has 2 aromatic rings. The first-order valence-corrected chi connectivity index (χ1v) is 5.88. The van der Waals surface area contributed by atoms with Gasteiger partial charge in [0.2, 0.25) is 0 Å². The highest BCUT2D eigenvalue weighted by Gasteiger charge is 2.10. The van der Waals surface area contributed by atoms with Gasteiger partial charge < -0.3 is 9.73 Å². The number of furan rings is 1. The minimum atomic E-state index is -0.177. The molecule has 0 aliphatic carbocycles. The number of carbonyl (C=O) groups is 2. The summed E-state index contributed by atoms with van der Waals surface area (Å²) in [5.41, 5.74) is 0.904. The van der Waals surface area contributed by atoms with E-state index >= 15 is 0 Å². The van der Waals surface area contributed by atoms with Crippen molar-refractivity contribution in [3.8, 4) is 0 Å². The summed E-state index contributed by atoms with van der Waals surface area (Å²) in [6.07, 6.45) is 3.14. The fourth-order valence-electron chi connectivity index (χ4n) is 1.31. The van der Waals surface area contributed by atoms with Crippen LogP contribution in [0.25, 0.3) is 0 Å². The Labute approximate surface area is 102 Å². The molecular formula is C12H11NO3S. The fraction of sp³-hybridized carbons (Fsp3) is 0.167. The van der Waals surface area contributed by atoms with E-state index in [2.05, 4.69) is 5.32 Å². The van der Waals surface area contributed by atoms with Gasteiger partial charge in [-0.2, -0.15) is 0 Å². The van der Waals surface area contributed by atoms with Crippen molar-refractivity contribution in [3.05, 3.63) is 46.0 Å². The molecule has 0 saturated carbocycles. The first-order chi connectivity index (χ1) is 8.16. The van der Waals surface area contributed by atoms with Crippen LogP contribution in [0.3, 0.4) is 0 Å². The molecule has 17 heavy (non-hydrogen) atoms. The number of thiophene rings is 1. The molecule has 2 aromatic heterocycles. The number of carbonyl (C=O) groups excluding carboxylic acids is 2. The summed E-state index contributed by atoms with van der Waals surface area (Å²) < 4.78 is 4.89. The maximum absolute atomic E-state index is 11.7. The summed E-state index contributed by atoms with van der Waals surface area (Å²) in [5, 5.41) is 2.75. The topological polar surface area (TPSA) is 59.3 Å². The van der Waals surface area contributed by atoms with Crippen LogP contribution < -0.4 is 5.32 Å². The third kappa shape index (κ3) is 2.82. The van der Waals surface area contributed by atoms with Gasteiger partial charge in [-0.1, -0.05) is 0 Å². The van der Waals surface area contributed by atoms with Crippen LogP contribution in [0, 0.1) is 0 Å². The van der Waals surface area contributed by atoms with Gasteiger partial charge in [-0.15, -0.1) is 11.3 Å². The predicted octanol–water partition coefficient (Wildman–Crippen LogP) is 2.47. The molecule has 1 amide bonds. The maximum atomic E-state index is 11.7. The predicted molar refractivity (Wildman–Crippen MR) is 64.2 cm³/mol. The van der Waals surface area contributed by atoms with E-state index in [1.165, 1.54) is 18.3 Å². The quantitative estimate of drug-likeness (QED) is 0.847. The summed E-state index contributed by atoms with van der Waals surface area (Å²) in [7, 11) is 0. The van der Waals surface area contributed by atoms with Crippen molar-refractivity contribution in [2.45, 2.75) is 13.5 Å². The SMILES string of the molecule is CC(=O)c1ccc(C(=O)NCc2ccoc2)s1. The molecule has 1 N–H and O–H groups in total. The molecule has 0 bridgehead atoms. The standard InChI is InChI=1S/C12H11NO3S/c1-8(14)10-2-3-11(17-10)12(15)13-6-9-4-5-16-7-9/h2-5,7H,6H2,1H3,(H,13,15). The maximum Gasteiger partial charge on any atom is 0.261 e. The van der Waals surface area contributed by atoms with Crippen molar-refractivity contribution in [2.75, 3.05) is 0 Å². The second kappa shape index (κ2) is 4.97. The van der Waals surface area contributed by atoms with Crippen LogP contribution in [-0.4, -0.2) is 11.7 Å². The molecule has 2 rings (SSSR count). The zero-order valence-electron chi connectivity index (χ0n) is 9.23. The van der Waals surface area contributed by atoms with Gasteiger partial charge >= 0.3 is 0 Å². The summed E-state index contributed by atoms with van der Waals surface area (Å²) in [6, 6.07) is 5.11. The van der Waals surface area contributed by atoms with E-state index < -0.39 is 0 Å². The highest BCUT2D eigenvalue weighted by Crippen LogP contribution is 2.16. The minimum Gasteiger partial charge on any atom is -0.472 e. The Balaban J connectivity index is 1.97. The summed E-state index contributed by atoms with van der Waals surface area (Å²) in [6.45, 7) is 1.90. The van der Waals surface area contributed by atoms with Crippen molar-refractivity contribution in [3.63, 3.8) is 0 Å². The van der Waals surface area contributed by atoms with Crippen LogP contribution in [0.15, 0.2) is 35.1 Å². The molecule has 0 spiro atoms. The lowest BCUT2D eigenvalue weighted by Gasteiger charge is -2.00. The third-order valence-electron chi connectivity index (χ3n) is 2.21. The average molecular weight is 249 g/mol. The smallest absolute Gasteiger partial charge is 0.261 e. The Morgan fingerprint density at radius 3 is 2.65 bits per heavy atom. The molecule has 0 radical (unpaired) electrons. The lowest BCUT2D eigenvalue weighted by Crippen LogP contribution is -2.21. The Kier molecular flexibility index (Phi) is 3.39. The van der Waals surface area contributed by atoms with Crippen molar-refractivity contribution in [1.29, 1.82) is 0 Å². The Morgan fingerprint density at radius 1 is 1.29 bits per heavy atom. The number of rotatable bonds is 4. The molecule has 88 valence electrons. The van der Waals surface area contributed by atoms with Crippen LogP contribution in [-0.2, 0) is 6.54 Å². The van der Waals surface area contributed by atoms with E-state index in [4.69, 9.17) is 4.42 Å². The van der Waals surface area contributed by atoms with Crippen LogP contribution in [0.4, 0.5) is 0 Å². The van der Waals surface area contributed by atoms with Gasteiger partial charge in [0.1, 0.15) is 0 Å². The molecule has 0 aromatic carbocycles. The van der Waals surface area contributed by atoms with Gasteiger partial charge in [0, 0.05) is 12.1 Å². The van der Waals surface area contributed by atoms with Crippen LogP contribution in [0.1, 0.15) is 31.8 Å². The second-order valence-corrected chi connectivity index (χ2v) is 4.62. The van der Waals surface area contributed by atoms with E-state index in [0.717, 1.165) is 5.56 Å². The molecule has 0 fully saturated rings. The monoisotopic (exact) mass is 249 g/mol. The number of nitrogens with one attached hydrogen (secondary N) is 1. The first-order valence-electron chi connectivity index (χ1n) is 5.07. The van der Waals surface area contributed by atoms with Crippen molar-refractivity contribution in [2.24, 2.45) is 0 Å². The van der Waals surface area contributed by atoms with E-state index in [1.807, 2.05) is 0 Å².